The third-order valence-corrected chi connectivity index (χ3v) is 3.81. The van der Waals surface area contributed by atoms with E-state index in [1.54, 1.807) is 13.4 Å². The Bertz CT molecular complexity index is 675. The van der Waals surface area contributed by atoms with Crippen molar-refractivity contribution in [2.24, 2.45) is 4.99 Å². The van der Waals surface area contributed by atoms with Gasteiger partial charge in [-0.2, -0.15) is 0 Å². The van der Waals surface area contributed by atoms with Gasteiger partial charge in [0, 0.05) is 19.7 Å². The van der Waals surface area contributed by atoms with E-state index in [0.29, 0.717) is 19.8 Å². The molecular weight excluding hydrogens is 457 g/mol. The lowest BCUT2D eigenvalue weighted by atomic mass is 10.1. The topological polar surface area (TPSA) is 68.0 Å². The minimum Gasteiger partial charge on any atom is -0.496 e. The van der Waals surface area contributed by atoms with Crippen LogP contribution >= 0.6 is 24.0 Å². The maximum absolute atomic E-state index is 5.58. The number of guanidine groups is 1. The summed E-state index contributed by atoms with van der Waals surface area (Å²) >= 11 is 0. The average molecular weight is 487 g/mol. The highest BCUT2D eigenvalue weighted by Gasteiger charge is 2.01. The summed E-state index contributed by atoms with van der Waals surface area (Å²) in [4.78, 5) is 4.64. The van der Waals surface area contributed by atoms with E-state index in [1.165, 1.54) is 0 Å². The Morgan fingerprint density at radius 1 is 1.22 bits per heavy atom. The molecule has 1 aromatic carbocycles. The summed E-state index contributed by atoms with van der Waals surface area (Å²) in [6.07, 6.45) is 2.55. The maximum atomic E-state index is 5.58. The van der Waals surface area contributed by atoms with E-state index in [9.17, 15) is 0 Å². The normalized spacial score (nSPS) is 11.0. The quantitative estimate of drug-likeness (QED) is 0.231. The largest absolute Gasteiger partial charge is 0.496 e. The molecule has 0 fully saturated rings. The monoisotopic (exact) mass is 487 g/mol. The molecule has 0 saturated heterocycles. The van der Waals surface area contributed by atoms with E-state index < -0.39 is 0 Å². The molecule has 0 atom stereocenters. The van der Waals surface area contributed by atoms with Gasteiger partial charge in [-0.3, -0.25) is 0 Å². The molecule has 1 heterocycles. The summed E-state index contributed by atoms with van der Waals surface area (Å²) in [7, 11) is 1.69. The molecule has 0 bridgehead atoms. The van der Waals surface area contributed by atoms with E-state index in [4.69, 9.17) is 13.9 Å². The van der Waals surface area contributed by atoms with Crippen molar-refractivity contribution in [1.82, 2.24) is 10.6 Å². The molecular formula is C20H30IN3O3. The summed E-state index contributed by atoms with van der Waals surface area (Å²) in [5.41, 5.74) is 2.27. The number of halogens is 1. The number of aliphatic imine (C=N–C) groups is 1. The lowest BCUT2D eigenvalue weighted by Gasteiger charge is -2.12. The van der Waals surface area contributed by atoms with Crippen LogP contribution < -0.4 is 15.4 Å². The van der Waals surface area contributed by atoms with Gasteiger partial charge in [0.15, 0.2) is 5.96 Å². The van der Waals surface area contributed by atoms with Crippen LogP contribution in [0.5, 0.6) is 5.75 Å². The van der Waals surface area contributed by atoms with Gasteiger partial charge in [-0.15, -0.1) is 24.0 Å². The molecule has 2 aromatic rings. The molecule has 0 saturated carbocycles. The number of benzene rings is 1. The molecule has 2 rings (SSSR count). The van der Waals surface area contributed by atoms with Gasteiger partial charge >= 0.3 is 0 Å². The molecule has 0 aliphatic rings. The Balaban J connectivity index is 0.00000364. The van der Waals surface area contributed by atoms with Crippen LogP contribution in [-0.4, -0.2) is 32.8 Å². The van der Waals surface area contributed by atoms with E-state index in [2.05, 4.69) is 28.6 Å². The van der Waals surface area contributed by atoms with E-state index in [-0.39, 0.29) is 24.0 Å². The SMILES string of the molecule is CCNC(=NCc1ccc(OC)c(C)c1)NCCCOCc1ccco1.I. The number of nitrogens with one attached hydrogen (secondary N) is 2. The van der Waals surface area contributed by atoms with Crippen LogP contribution in [0.1, 0.15) is 30.2 Å². The number of methoxy groups -OCH3 is 1. The van der Waals surface area contributed by atoms with Crippen molar-refractivity contribution in [2.45, 2.75) is 33.4 Å². The first-order valence-electron chi connectivity index (χ1n) is 8.98. The number of aryl methyl sites for hydroxylation is 1. The lowest BCUT2D eigenvalue weighted by Crippen LogP contribution is -2.38. The maximum Gasteiger partial charge on any atom is 0.191 e. The second-order valence-electron chi connectivity index (χ2n) is 5.91. The second-order valence-corrected chi connectivity index (χ2v) is 5.91. The summed E-state index contributed by atoms with van der Waals surface area (Å²) in [6, 6.07) is 9.91. The Labute approximate surface area is 178 Å². The number of rotatable bonds is 10. The van der Waals surface area contributed by atoms with E-state index in [0.717, 1.165) is 48.1 Å². The Kier molecular flexibility index (Phi) is 11.6. The van der Waals surface area contributed by atoms with Gasteiger partial charge in [0.25, 0.3) is 0 Å². The van der Waals surface area contributed by atoms with Crippen molar-refractivity contribution in [2.75, 3.05) is 26.8 Å². The minimum absolute atomic E-state index is 0. The zero-order chi connectivity index (χ0) is 18.6. The van der Waals surface area contributed by atoms with Crippen molar-refractivity contribution in [1.29, 1.82) is 0 Å². The third-order valence-electron chi connectivity index (χ3n) is 3.81. The Morgan fingerprint density at radius 2 is 2.07 bits per heavy atom. The molecule has 7 heteroatoms. The molecule has 150 valence electrons. The fraction of sp³-hybridized carbons (Fsp3) is 0.450. The zero-order valence-electron chi connectivity index (χ0n) is 16.3. The van der Waals surface area contributed by atoms with Gasteiger partial charge in [0.05, 0.1) is 19.9 Å². The van der Waals surface area contributed by atoms with Crippen molar-refractivity contribution >= 4 is 29.9 Å². The number of furan rings is 1. The van der Waals surface area contributed by atoms with Crippen LogP contribution in [0.15, 0.2) is 46.0 Å². The van der Waals surface area contributed by atoms with E-state index >= 15 is 0 Å². The molecule has 27 heavy (non-hydrogen) atoms. The number of ether oxygens (including phenoxy) is 2. The summed E-state index contributed by atoms with van der Waals surface area (Å²) < 4.78 is 16.1. The van der Waals surface area contributed by atoms with Gasteiger partial charge in [-0.25, -0.2) is 4.99 Å². The third kappa shape index (κ3) is 8.66. The molecule has 0 radical (unpaired) electrons. The van der Waals surface area contributed by atoms with Crippen molar-refractivity contribution in [3.8, 4) is 5.75 Å². The fourth-order valence-electron chi connectivity index (χ4n) is 2.50. The molecule has 0 aliphatic carbocycles. The fourth-order valence-corrected chi connectivity index (χ4v) is 2.50. The smallest absolute Gasteiger partial charge is 0.191 e. The van der Waals surface area contributed by atoms with Crippen LogP contribution in [0.3, 0.4) is 0 Å². The van der Waals surface area contributed by atoms with Crippen molar-refractivity contribution < 1.29 is 13.9 Å². The van der Waals surface area contributed by atoms with Gasteiger partial charge in [0.1, 0.15) is 18.1 Å². The first kappa shape index (κ1) is 23.3. The minimum atomic E-state index is 0. The summed E-state index contributed by atoms with van der Waals surface area (Å²) in [5.74, 6) is 2.56. The molecule has 0 aliphatic heterocycles. The predicted octanol–water partition coefficient (Wildman–Crippen LogP) is 3.88. The van der Waals surface area contributed by atoms with Crippen LogP contribution in [0, 0.1) is 6.92 Å². The Morgan fingerprint density at radius 3 is 2.74 bits per heavy atom. The first-order valence-corrected chi connectivity index (χ1v) is 8.98. The van der Waals surface area contributed by atoms with Crippen LogP contribution in [-0.2, 0) is 17.9 Å². The van der Waals surface area contributed by atoms with Crippen molar-refractivity contribution in [3.63, 3.8) is 0 Å². The number of hydrogen-bond acceptors (Lipinski definition) is 4. The summed E-state index contributed by atoms with van der Waals surface area (Å²) in [5, 5.41) is 6.59. The number of nitrogens with zero attached hydrogens (tertiary/aromatic N) is 1. The average Bonchev–Trinajstić information content (AvgIpc) is 3.16. The van der Waals surface area contributed by atoms with Gasteiger partial charge < -0.3 is 24.5 Å². The highest BCUT2D eigenvalue weighted by molar-refractivity contribution is 14.0. The molecule has 0 amide bonds. The van der Waals surface area contributed by atoms with Crippen LogP contribution in [0.2, 0.25) is 0 Å². The number of hydrogen-bond donors (Lipinski definition) is 2. The predicted molar refractivity (Wildman–Crippen MR) is 119 cm³/mol. The van der Waals surface area contributed by atoms with E-state index in [1.807, 2.05) is 31.2 Å². The molecule has 6 nitrogen and oxygen atoms in total. The molecule has 1 aromatic heterocycles. The van der Waals surface area contributed by atoms with Gasteiger partial charge in [-0.05, 0) is 49.6 Å². The Hall–Kier alpha value is -1.74. The molecule has 0 unspecified atom stereocenters. The van der Waals surface area contributed by atoms with Crippen LogP contribution in [0.25, 0.3) is 0 Å². The summed E-state index contributed by atoms with van der Waals surface area (Å²) in [6.45, 7) is 7.52. The first-order chi connectivity index (χ1) is 12.7. The lowest BCUT2D eigenvalue weighted by molar-refractivity contribution is 0.105. The highest BCUT2D eigenvalue weighted by atomic mass is 127. The van der Waals surface area contributed by atoms with Gasteiger partial charge in [0.2, 0.25) is 0 Å². The second kappa shape index (κ2) is 13.4. The van der Waals surface area contributed by atoms with Crippen LogP contribution in [0.4, 0.5) is 0 Å². The standard InChI is InChI=1S/C20H29N3O3.HI/c1-4-21-20(22-10-6-11-25-15-18-7-5-12-26-18)23-14-17-8-9-19(24-3)16(2)13-17;/h5,7-9,12-13H,4,6,10-11,14-15H2,1-3H3,(H2,21,22,23);1H. The molecule has 0 spiro atoms. The van der Waals surface area contributed by atoms with Crippen molar-refractivity contribution in [3.05, 3.63) is 53.5 Å². The van der Waals surface area contributed by atoms with Gasteiger partial charge in [-0.1, -0.05) is 12.1 Å². The zero-order valence-corrected chi connectivity index (χ0v) is 18.6. The molecule has 2 N–H and O–H groups in total. The highest BCUT2D eigenvalue weighted by Crippen LogP contribution is 2.18.